The van der Waals surface area contributed by atoms with Gasteiger partial charge in [-0.25, -0.2) is 9.59 Å². The Hall–Kier alpha value is -1.14. The molecule has 2 aliphatic heterocycles. The normalized spacial score (nSPS) is 24.9. The SMILES string of the molecule is C1CCN2CCNCC2C1.O=C(O)C(=O)O. The van der Waals surface area contributed by atoms with Crippen molar-refractivity contribution in [2.75, 3.05) is 26.2 Å². The van der Waals surface area contributed by atoms with Gasteiger partial charge in [0.1, 0.15) is 0 Å². The fourth-order valence-corrected chi connectivity index (χ4v) is 2.08. The van der Waals surface area contributed by atoms with Gasteiger partial charge in [0, 0.05) is 25.7 Å². The summed E-state index contributed by atoms with van der Waals surface area (Å²) in [6.45, 7) is 5.08. The Bertz CT molecular complexity index is 219. The molecule has 6 nitrogen and oxygen atoms in total. The van der Waals surface area contributed by atoms with Crippen LogP contribution in [0.3, 0.4) is 0 Å². The number of aliphatic carboxylic acids is 2. The van der Waals surface area contributed by atoms with Crippen LogP contribution in [0.1, 0.15) is 19.3 Å². The van der Waals surface area contributed by atoms with Gasteiger partial charge in [-0.05, 0) is 19.4 Å². The monoisotopic (exact) mass is 230 g/mol. The van der Waals surface area contributed by atoms with Crippen LogP contribution in [-0.4, -0.2) is 59.3 Å². The summed E-state index contributed by atoms with van der Waals surface area (Å²) in [5.41, 5.74) is 0. The number of hydrogen-bond acceptors (Lipinski definition) is 4. The lowest BCUT2D eigenvalue weighted by Gasteiger charge is -2.39. The maximum atomic E-state index is 9.10. The molecular formula is C10H18N2O4. The van der Waals surface area contributed by atoms with E-state index < -0.39 is 11.9 Å². The highest BCUT2D eigenvalue weighted by molar-refractivity contribution is 6.27. The topological polar surface area (TPSA) is 89.9 Å². The number of piperidine rings is 1. The maximum absolute atomic E-state index is 9.10. The van der Waals surface area contributed by atoms with E-state index in [1.807, 2.05) is 0 Å². The standard InChI is InChI=1S/C8H16N2.C2H2O4/c1-2-5-10-6-4-9-7-8(10)3-1;3-1(4)2(5)6/h8-9H,1-7H2;(H,3,4)(H,5,6). The molecule has 0 aromatic heterocycles. The molecule has 1 atom stereocenters. The predicted octanol–water partition coefficient (Wildman–Crippen LogP) is -0.400. The first-order valence-electron chi connectivity index (χ1n) is 5.52. The van der Waals surface area contributed by atoms with Gasteiger partial charge < -0.3 is 15.5 Å². The van der Waals surface area contributed by atoms with Crippen molar-refractivity contribution >= 4 is 11.9 Å². The van der Waals surface area contributed by atoms with Gasteiger partial charge in [-0.15, -0.1) is 0 Å². The molecule has 16 heavy (non-hydrogen) atoms. The number of piperazine rings is 1. The fourth-order valence-electron chi connectivity index (χ4n) is 2.08. The van der Waals surface area contributed by atoms with Crippen molar-refractivity contribution in [3.8, 4) is 0 Å². The molecule has 1 unspecified atom stereocenters. The van der Waals surface area contributed by atoms with Crippen LogP contribution in [0.5, 0.6) is 0 Å². The van der Waals surface area contributed by atoms with Gasteiger partial charge in [0.15, 0.2) is 0 Å². The molecule has 0 radical (unpaired) electrons. The van der Waals surface area contributed by atoms with E-state index in [1.54, 1.807) is 0 Å². The number of carboxylic acid groups (broad SMARTS) is 2. The zero-order valence-corrected chi connectivity index (χ0v) is 9.19. The number of rotatable bonds is 0. The third-order valence-electron chi connectivity index (χ3n) is 2.89. The van der Waals surface area contributed by atoms with E-state index in [2.05, 4.69) is 10.2 Å². The van der Waals surface area contributed by atoms with Gasteiger partial charge in [-0.2, -0.15) is 0 Å². The molecule has 0 aliphatic carbocycles. The van der Waals surface area contributed by atoms with Gasteiger partial charge in [-0.1, -0.05) is 6.42 Å². The number of carbonyl (C=O) groups is 2. The average molecular weight is 230 g/mol. The maximum Gasteiger partial charge on any atom is 0.414 e. The molecule has 0 saturated carbocycles. The van der Waals surface area contributed by atoms with Gasteiger partial charge >= 0.3 is 11.9 Å². The minimum atomic E-state index is -1.82. The van der Waals surface area contributed by atoms with Gasteiger partial charge in [-0.3, -0.25) is 4.90 Å². The van der Waals surface area contributed by atoms with Crippen molar-refractivity contribution in [3.63, 3.8) is 0 Å². The lowest BCUT2D eigenvalue weighted by molar-refractivity contribution is -0.159. The number of hydrogen-bond donors (Lipinski definition) is 3. The largest absolute Gasteiger partial charge is 0.473 e. The zero-order valence-electron chi connectivity index (χ0n) is 9.19. The summed E-state index contributed by atoms with van der Waals surface area (Å²) in [4.78, 5) is 20.8. The van der Waals surface area contributed by atoms with Crippen LogP contribution in [0.4, 0.5) is 0 Å². The molecule has 92 valence electrons. The minimum absolute atomic E-state index is 0.877. The van der Waals surface area contributed by atoms with Crippen LogP contribution in [-0.2, 0) is 9.59 Å². The molecule has 2 saturated heterocycles. The molecule has 0 spiro atoms. The second-order valence-corrected chi connectivity index (χ2v) is 4.00. The average Bonchev–Trinajstić information content (AvgIpc) is 2.30. The predicted molar refractivity (Wildman–Crippen MR) is 57.4 cm³/mol. The van der Waals surface area contributed by atoms with E-state index in [0.29, 0.717) is 0 Å². The molecule has 2 rings (SSSR count). The molecular weight excluding hydrogens is 212 g/mol. The van der Waals surface area contributed by atoms with Crippen molar-refractivity contribution in [3.05, 3.63) is 0 Å². The Kier molecular flexibility index (Phi) is 5.21. The van der Waals surface area contributed by atoms with Gasteiger partial charge in [0.2, 0.25) is 0 Å². The lowest BCUT2D eigenvalue weighted by atomic mass is 10.0. The third kappa shape index (κ3) is 4.16. The van der Waals surface area contributed by atoms with Crippen molar-refractivity contribution in [2.24, 2.45) is 0 Å². The Balaban J connectivity index is 0.000000187. The van der Waals surface area contributed by atoms with E-state index >= 15 is 0 Å². The zero-order chi connectivity index (χ0) is 12.0. The summed E-state index contributed by atoms with van der Waals surface area (Å²) in [5, 5.41) is 18.2. The Morgan fingerprint density at radius 2 is 1.81 bits per heavy atom. The van der Waals surface area contributed by atoms with Crippen LogP contribution >= 0.6 is 0 Å². The Morgan fingerprint density at radius 1 is 1.12 bits per heavy atom. The summed E-state index contributed by atoms with van der Waals surface area (Å²) in [5.74, 6) is -3.65. The van der Waals surface area contributed by atoms with Gasteiger partial charge in [0.25, 0.3) is 0 Å². The van der Waals surface area contributed by atoms with Crippen molar-refractivity contribution < 1.29 is 19.8 Å². The molecule has 2 aliphatic rings. The van der Waals surface area contributed by atoms with E-state index in [0.717, 1.165) is 6.04 Å². The van der Waals surface area contributed by atoms with Crippen LogP contribution in [0.15, 0.2) is 0 Å². The van der Waals surface area contributed by atoms with Crippen LogP contribution in [0, 0.1) is 0 Å². The third-order valence-corrected chi connectivity index (χ3v) is 2.89. The first-order valence-corrected chi connectivity index (χ1v) is 5.52. The highest BCUT2D eigenvalue weighted by atomic mass is 16.4. The quantitative estimate of drug-likeness (QED) is 0.491. The Labute approximate surface area is 94.2 Å². The van der Waals surface area contributed by atoms with Crippen molar-refractivity contribution in [2.45, 2.75) is 25.3 Å². The van der Waals surface area contributed by atoms with E-state index in [4.69, 9.17) is 19.8 Å². The van der Waals surface area contributed by atoms with Crippen LogP contribution in [0.2, 0.25) is 0 Å². The summed E-state index contributed by atoms with van der Waals surface area (Å²) < 4.78 is 0. The molecule has 0 aromatic rings. The van der Waals surface area contributed by atoms with Crippen molar-refractivity contribution in [1.82, 2.24) is 10.2 Å². The van der Waals surface area contributed by atoms with Crippen LogP contribution in [0.25, 0.3) is 0 Å². The highest BCUT2D eigenvalue weighted by Crippen LogP contribution is 2.17. The Morgan fingerprint density at radius 3 is 2.38 bits per heavy atom. The molecule has 6 heteroatoms. The molecule has 0 aromatic carbocycles. The molecule has 2 heterocycles. The summed E-state index contributed by atoms with van der Waals surface area (Å²) in [7, 11) is 0. The smallest absolute Gasteiger partial charge is 0.414 e. The minimum Gasteiger partial charge on any atom is -0.473 e. The summed E-state index contributed by atoms with van der Waals surface area (Å²) >= 11 is 0. The number of nitrogens with one attached hydrogen (secondary N) is 1. The van der Waals surface area contributed by atoms with Crippen molar-refractivity contribution in [1.29, 1.82) is 0 Å². The molecule has 2 fully saturated rings. The first kappa shape index (κ1) is 12.9. The lowest BCUT2D eigenvalue weighted by Crippen LogP contribution is -2.53. The summed E-state index contributed by atoms with van der Waals surface area (Å²) in [6.07, 6.45) is 4.30. The van der Waals surface area contributed by atoms with Crippen LogP contribution < -0.4 is 5.32 Å². The first-order chi connectivity index (χ1) is 7.61. The number of fused-ring (bicyclic) bond motifs is 1. The second-order valence-electron chi connectivity index (χ2n) is 4.00. The highest BCUT2D eigenvalue weighted by Gasteiger charge is 2.23. The van der Waals surface area contributed by atoms with E-state index in [-0.39, 0.29) is 0 Å². The summed E-state index contributed by atoms with van der Waals surface area (Å²) in [6, 6.07) is 0.877. The van der Waals surface area contributed by atoms with E-state index in [1.165, 1.54) is 45.4 Å². The number of carboxylic acids is 2. The molecule has 0 amide bonds. The molecule has 0 bridgehead atoms. The van der Waals surface area contributed by atoms with Gasteiger partial charge in [0.05, 0.1) is 0 Å². The molecule has 3 N–H and O–H groups in total. The van der Waals surface area contributed by atoms with E-state index in [9.17, 15) is 0 Å². The number of nitrogens with zero attached hydrogens (tertiary/aromatic N) is 1. The fraction of sp³-hybridized carbons (Fsp3) is 0.800. The second kappa shape index (κ2) is 6.44.